The smallest absolute Gasteiger partial charge is 0.137 e. The molecule has 0 spiro atoms. The average molecular weight is 903 g/mol. The molecule has 0 saturated heterocycles. The molecule has 70 heavy (non-hydrogen) atoms. The Hall–Kier alpha value is -8.67. The summed E-state index contributed by atoms with van der Waals surface area (Å²) in [5.41, 5.74) is 16.9. The third-order valence-electron chi connectivity index (χ3n) is 14.5. The molecule has 0 saturated carbocycles. The summed E-state index contributed by atoms with van der Waals surface area (Å²) in [5, 5.41) is 2.47. The van der Waals surface area contributed by atoms with Crippen LogP contribution in [0.1, 0.15) is 48.6 Å². The van der Waals surface area contributed by atoms with E-state index in [9.17, 15) is 0 Å². The molecular formula is C65H50N4O. The number of fused-ring (bicyclic) bond motifs is 1. The maximum Gasteiger partial charge on any atom is 0.137 e. The molecule has 9 aromatic carbocycles. The fourth-order valence-electron chi connectivity index (χ4n) is 11.4. The average Bonchev–Trinajstić information content (AvgIpc) is 4.07. The van der Waals surface area contributed by atoms with E-state index in [-0.39, 0.29) is 5.41 Å². The van der Waals surface area contributed by atoms with Gasteiger partial charge in [-0.2, -0.15) is 0 Å². The van der Waals surface area contributed by atoms with Crippen LogP contribution >= 0.6 is 0 Å². The maximum atomic E-state index is 7.22. The van der Waals surface area contributed by atoms with Crippen LogP contribution in [0.4, 0.5) is 22.7 Å². The number of hydrogen-bond acceptors (Lipinski definition) is 4. The van der Waals surface area contributed by atoms with E-state index in [1.165, 1.54) is 66.5 Å². The van der Waals surface area contributed by atoms with Crippen molar-refractivity contribution in [3.05, 3.63) is 265 Å². The lowest BCUT2D eigenvalue weighted by Gasteiger charge is -2.35. The third-order valence-corrected chi connectivity index (χ3v) is 14.5. The Balaban J connectivity index is 0.966. The van der Waals surface area contributed by atoms with Crippen molar-refractivity contribution < 1.29 is 4.74 Å². The zero-order valence-electron chi connectivity index (χ0n) is 39.4. The fourth-order valence-corrected chi connectivity index (χ4v) is 11.4. The van der Waals surface area contributed by atoms with Gasteiger partial charge < -0.3 is 14.5 Å². The quantitative estimate of drug-likeness (QED) is 0.145. The summed E-state index contributed by atoms with van der Waals surface area (Å²) in [5.74, 6) is 2.41. The van der Waals surface area contributed by atoms with Crippen LogP contribution in [0.3, 0.4) is 0 Å². The molecule has 0 unspecified atom stereocenters. The highest BCUT2D eigenvalue weighted by atomic mass is 16.5. The highest BCUT2D eigenvalue weighted by Gasteiger charge is 2.47. The lowest BCUT2D eigenvalue weighted by molar-refractivity contribution is 0.482. The molecule has 0 amide bonds. The monoisotopic (exact) mass is 902 g/mol. The second kappa shape index (κ2) is 16.2. The molecule has 11 aromatic rings. The van der Waals surface area contributed by atoms with Crippen molar-refractivity contribution in [3.8, 4) is 39.6 Å². The van der Waals surface area contributed by atoms with Gasteiger partial charge in [-0.15, -0.1) is 0 Å². The molecule has 5 heteroatoms. The first-order chi connectivity index (χ1) is 34.4. The zero-order chi connectivity index (χ0) is 47.0. The third kappa shape index (κ3) is 6.49. The van der Waals surface area contributed by atoms with Crippen LogP contribution < -0.4 is 14.5 Å². The molecule has 0 bridgehead atoms. The molecule has 2 aromatic heterocycles. The minimum atomic E-state index is -0.594. The largest absolute Gasteiger partial charge is 0.457 e. The van der Waals surface area contributed by atoms with Crippen LogP contribution in [-0.2, 0) is 10.8 Å². The van der Waals surface area contributed by atoms with Crippen molar-refractivity contribution in [2.45, 2.75) is 31.6 Å². The number of nitrogens with zero attached hydrogens (tertiary/aromatic N) is 4. The van der Waals surface area contributed by atoms with Crippen molar-refractivity contribution in [3.63, 3.8) is 0 Å². The Bertz CT molecular complexity index is 3670. The molecule has 0 N–H and O–H groups in total. The molecule has 0 atom stereocenters. The Morgan fingerprint density at radius 1 is 0.471 bits per heavy atom. The van der Waals surface area contributed by atoms with Gasteiger partial charge in [-0.05, 0) is 92.9 Å². The van der Waals surface area contributed by atoms with Crippen LogP contribution in [0.15, 0.2) is 237 Å². The normalized spacial score (nSPS) is 13.6. The van der Waals surface area contributed by atoms with Gasteiger partial charge in [-0.1, -0.05) is 191 Å². The van der Waals surface area contributed by atoms with Crippen molar-refractivity contribution in [2.75, 3.05) is 16.5 Å². The van der Waals surface area contributed by atoms with Gasteiger partial charge in [0.25, 0.3) is 0 Å². The van der Waals surface area contributed by atoms with E-state index in [1.807, 2.05) is 6.20 Å². The molecule has 13 rings (SSSR count). The molecule has 1 aliphatic carbocycles. The summed E-state index contributed by atoms with van der Waals surface area (Å²) >= 11 is 0. The predicted octanol–water partition coefficient (Wildman–Crippen LogP) is 16.5. The van der Waals surface area contributed by atoms with Gasteiger partial charge in [0.1, 0.15) is 24.0 Å². The fraction of sp³-hybridized carbons (Fsp3) is 0.0923. The van der Waals surface area contributed by atoms with Gasteiger partial charge >= 0.3 is 0 Å². The lowest BCUT2D eigenvalue weighted by Crippen LogP contribution is -2.29. The Morgan fingerprint density at radius 3 is 1.69 bits per heavy atom. The highest BCUT2D eigenvalue weighted by molar-refractivity contribution is 6.18. The van der Waals surface area contributed by atoms with Crippen molar-refractivity contribution in [1.82, 2.24) is 9.55 Å². The second-order valence-corrected chi connectivity index (χ2v) is 19.6. The van der Waals surface area contributed by atoms with Gasteiger partial charge in [0.2, 0.25) is 0 Å². The van der Waals surface area contributed by atoms with Crippen LogP contribution in [0.25, 0.3) is 49.9 Å². The van der Waals surface area contributed by atoms with E-state index in [1.54, 1.807) is 0 Å². The molecule has 0 radical (unpaired) electrons. The molecular weight excluding hydrogens is 853 g/mol. The van der Waals surface area contributed by atoms with Crippen molar-refractivity contribution >= 4 is 44.6 Å². The van der Waals surface area contributed by atoms with Gasteiger partial charge in [0.15, 0.2) is 0 Å². The minimum absolute atomic E-state index is 0.0543. The topological polar surface area (TPSA) is 33.5 Å². The Morgan fingerprint density at radius 2 is 1.04 bits per heavy atom. The van der Waals surface area contributed by atoms with Crippen LogP contribution in [-0.4, -0.2) is 16.2 Å². The molecule has 336 valence electrons. The van der Waals surface area contributed by atoms with Crippen molar-refractivity contribution in [1.29, 1.82) is 0 Å². The van der Waals surface area contributed by atoms with E-state index in [4.69, 9.17) is 9.72 Å². The molecule has 1 aliphatic heterocycles. The second-order valence-electron chi connectivity index (χ2n) is 19.6. The zero-order valence-corrected chi connectivity index (χ0v) is 39.4. The van der Waals surface area contributed by atoms with Crippen LogP contribution in [0, 0.1) is 0 Å². The van der Waals surface area contributed by atoms with Crippen LogP contribution in [0.2, 0.25) is 0 Å². The first-order valence-corrected chi connectivity index (χ1v) is 24.2. The lowest BCUT2D eigenvalue weighted by atomic mass is 9.67. The molecule has 5 nitrogen and oxygen atoms in total. The number of para-hydroxylation sites is 3. The summed E-state index contributed by atoms with van der Waals surface area (Å²) in [7, 11) is 0. The van der Waals surface area contributed by atoms with E-state index < -0.39 is 5.41 Å². The summed E-state index contributed by atoms with van der Waals surface area (Å²) < 4.78 is 9.57. The maximum absolute atomic E-state index is 7.22. The molecule has 2 aliphatic rings. The number of hydrogen-bond donors (Lipinski definition) is 0. The first-order valence-electron chi connectivity index (χ1n) is 24.2. The van der Waals surface area contributed by atoms with Crippen molar-refractivity contribution in [2.24, 2.45) is 0 Å². The number of benzene rings is 9. The van der Waals surface area contributed by atoms with Gasteiger partial charge in [0.05, 0.1) is 33.5 Å². The van der Waals surface area contributed by atoms with Gasteiger partial charge in [0, 0.05) is 45.9 Å². The summed E-state index contributed by atoms with van der Waals surface area (Å²) in [4.78, 5) is 9.96. The van der Waals surface area contributed by atoms with E-state index >= 15 is 0 Å². The van der Waals surface area contributed by atoms with Crippen LogP contribution in [0.5, 0.6) is 11.5 Å². The Kier molecular flexibility index (Phi) is 9.63. The van der Waals surface area contributed by atoms with Gasteiger partial charge in [-0.25, -0.2) is 4.98 Å². The number of rotatable bonds is 9. The SMILES string of the molecule is CC(C)(C)c1ccnc(-n2c3cccc4c3c3c(cc(Oc5cccc(N6CN(c7c(-c8ccccc8)cccc7-c7ccccc7)c7ccccc76)c5)cc32)C4(c2ccccc2)c2ccccc2)c1. The van der Waals surface area contributed by atoms with E-state index in [0.29, 0.717) is 6.67 Å². The number of aromatic nitrogens is 2. The number of pyridine rings is 1. The van der Waals surface area contributed by atoms with E-state index in [0.717, 1.165) is 45.4 Å². The summed E-state index contributed by atoms with van der Waals surface area (Å²) in [6.07, 6.45) is 1.95. The summed E-state index contributed by atoms with van der Waals surface area (Å²) in [6.45, 7) is 7.39. The number of anilines is 4. The molecule has 0 fully saturated rings. The Labute approximate surface area is 409 Å². The predicted molar refractivity (Wildman–Crippen MR) is 289 cm³/mol. The van der Waals surface area contributed by atoms with E-state index in [2.05, 4.69) is 266 Å². The standard InChI is InChI=1S/C65H50N4O/c1-64(2,3)48-37-38-66-60(39-48)69-58-36-20-33-54-61(58)62-55(65(54,46-25-12-6-13-26-46)47-27-14-7-15-28-47)41-51(42-59(62)69)70-50-30-18-29-49(40-50)67-43-68(57-35-17-16-34-56(57)67)63-52(44-21-8-4-9-22-44)31-19-32-53(63)45-23-10-5-11-24-45/h4-42H,43H2,1-3H3. The minimum Gasteiger partial charge on any atom is -0.457 e. The summed E-state index contributed by atoms with van der Waals surface area (Å²) in [6, 6.07) is 83.2. The number of ether oxygens (including phenoxy) is 1. The molecule has 3 heterocycles. The van der Waals surface area contributed by atoms with Gasteiger partial charge in [-0.3, -0.25) is 4.57 Å². The highest BCUT2D eigenvalue weighted by Crippen LogP contribution is 2.58. The first kappa shape index (κ1) is 41.5.